The van der Waals surface area contributed by atoms with Crippen LogP contribution in [0.5, 0.6) is 0 Å². The molecule has 1 amide bonds. The van der Waals surface area contributed by atoms with Gasteiger partial charge in [-0.1, -0.05) is 18.6 Å². The van der Waals surface area contributed by atoms with E-state index in [2.05, 4.69) is 5.32 Å². The highest BCUT2D eigenvalue weighted by Gasteiger charge is 2.23. The van der Waals surface area contributed by atoms with Crippen LogP contribution in [-0.4, -0.2) is 37.5 Å². The molecule has 0 aliphatic carbocycles. The Hall–Kier alpha value is -1.91. The number of benzene rings is 1. The normalized spacial score (nSPS) is 15.6. The van der Waals surface area contributed by atoms with Crippen LogP contribution in [0.4, 0.5) is 5.69 Å². The van der Waals surface area contributed by atoms with E-state index in [9.17, 15) is 13.2 Å². The summed E-state index contributed by atoms with van der Waals surface area (Å²) in [5.74, 6) is -0.109. The number of carbonyl (C=O) groups is 1. The Morgan fingerprint density at radius 3 is 2.58 bits per heavy atom. The largest absolute Gasteiger partial charge is 0.325 e. The van der Waals surface area contributed by atoms with E-state index in [1.54, 1.807) is 28.6 Å². The molecule has 1 aliphatic heterocycles. The van der Waals surface area contributed by atoms with Crippen LogP contribution < -0.4 is 5.32 Å². The Balaban J connectivity index is 1.74. The smallest absolute Gasteiger partial charge is 0.224 e. The van der Waals surface area contributed by atoms with E-state index in [0.29, 0.717) is 37.2 Å². The Morgan fingerprint density at radius 2 is 1.88 bits per heavy atom. The first-order valence-electron chi connectivity index (χ1n) is 8.30. The molecule has 0 aromatic heterocycles. The van der Waals surface area contributed by atoms with Crippen molar-refractivity contribution in [2.45, 2.75) is 38.5 Å². The number of hydrogen-bond acceptors (Lipinski definition) is 4. The molecule has 0 saturated carbocycles. The number of anilines is 1. The van der Waals surface area contributed by atoms with Crippen LogP contribution >= 0.6 is 0 Å². The summed E-state index contributed by atoms with van der Waals surface area (Å²) < 4.78 is 26.0. The van der Waals surface area contributed by atoms with Crippen molar-refractivity contribution < 1.29 is 13.2 Å². The molecule has 130 valence electrons. The highest BCUT2D eigenvalue weighted by Crippen LogP contribution is 2.16. The topological polar surface area (TPSA) is 90.3 Å². The summed E-state index contributed by atoms with van der Waals surface area (Å²) in [4.78, 5) is 11.9. The number of para-hydroxylation sites is 1. The first-order valence-corrected chi connectivity index (χ1v) is 9.90. The number of sulfonamides is 1. The second kappa shape index (κ2) is 8.81. The maximum Gasteiger partial charge on any atom is 0.224 e. The lowest BCUT2D eigenvalue weighted by molar-refractivity contribution is -0.116. The number of amides is 1. The first kappa shape index (κ1) is 18.4. The molecule has 1 aliphatic rings. The van der Waals surface area contributed by atoms with Gasteiger partial charge in [-0.25, -0.2) is 12.7 Å². The highest BCUT2D eigenvalue weighted by atomic mass is 32.2. The Kier molecular flexibility index (Phi) is 6.76. The molecule has 6 nitrogen and oxygen atoms in total. The van der Waals surface area contributed by atoms with E-state index in [4.69, 9.17) is 5.26 Å². The van der Waals surface area contributed by atoms with Crippen molar-refractivity contribution in [1.82, 2.24) is 4.31 Å². The van der Waals surface area contributed by atoms with E-state index in [1.165, 1.54) is 0 Å². The molecule has 0 spiro atoms. The minimum absolute atomic E-state index is 0.0923. The van der Waals surface area contributed by atoms with E-state index in [0.717, 1.165) is 19.3 Å². The van der Waals surface area contributed by atoms with Crippen molar-refractivity contribution in [2.75, 3.05) is 24.2 Å². The fourth-order valence-electron chi connectivity index (χ4n) is 2.74. The van der Waals surface area contributed by atoms with Crippen molar-refractivity contribution in [3.05, 3.63) is 29.8 Å². The third kappa shape index (κ3) is 5.32. The van der Waals surface area contributed by atoms with E-state index < -0.39 is 10.0 Å². The molecule has 1 heterocycles. The molecule has 0 atom stereocenters. The van der Waals surface area contributed by atoms with Gasteiger partial charge in [0, 0.05) is 19.5 Å². The van der Waals surface area contributed by atoms with Gasteiger partial charge in [-0.05, 0) is 37.8 Å². The maximum atomic E-state index is 12.2. The number of carbonyl (C=O) groups excluding carboxylic acids is 1. The predicted molar refractivity (Wildman–Crippen MR) is 92.8 cm³/mol. The lowest BCUT2D eigenvalue weighted by Gasteiger charge is -2.25. The third-order valence-corrected chi connectivity index (χ3v) is 6.04. The van der Waals surface area contributed by atoms with Gasteiger partial charge >= 0.3 is 0 Å². The van der Waals surface area contributed by atoms with Crippen molar-refractivity contribution in [2.24, 2.45) is 0 Å². The Morgan fingerprint density at radius 1 is 1.17 bits per heavy atom. The average molecular weight is 349 g/mol. The molecule has 0 radical (unpaired) electrons. The van der Waals surface area contributed by atoms with Crippen LogP contribution in [0.15, 0.2) is 24.3 Å². The summed E-state index contributed by atoms with van der Waals surface area (Å²) in [5, 5.41) is 11.7. The Bertz CT molecular complexity index is 704. The van der Waals surface area contributed by atoms with Crippen LogP contribution in [0.1, 0.15) is 44.1 Å². The fourth-order valence-corrected chi connectivity index (χ4v) is 4.39. The van der Waals surface area contributed by atoms with Gasteiger partial charge in [0.15, 0.2) is 0 Å². The lowest BCUT2D eigenvalue weighted by atomic mass is 10.2. The van der Waals surface area contributed by atoms with Gasteiger partial charge < -0.3 is 5.32 Å². The van der Waals surface area contributed by atoms with E-state index >= 15 is 0 Å². The fraction of sp³-hybridized carbons (Fsp3) is 0.529. The molecular weight excluding hydrogens is 326 g/mol. The van der Waals surface area contributed by atoms with Gasteiger partial charge in [-0.2, -0.15) is 5.26 Å². The van der Waals surface area contributed by atoms with Crippen molar-refractivity contribution >= 4 is 21.6 Å². The number of piperidine rings is 1. The summed E-state index contributed by atoms with van der Waals surface area (Å²) in [6.07, 6.45) is 4.17. The summed E-state index contributed by atoms with van der Waals surface area (Å²) in [6.45, 7) is 1.24. The molecular formula is C17H23N3O3S. The molecule has 0 bridgehead atoms. The van der Waals surface area contributed by atoms with Gasteiger partial charge in [0.25, 0.3) is 0 Å². The van der Waals surface area contributed by atoms with Gasteiger partial charge in [0.05, 0.1) is 17.0 Å². The van der Waals surface area contributed by atoms with Crippen molar-refractivity contribution in [1.29, 1.82) is 5.26 Å². The number of hydrogen-bond donors (Lipinski definition) is 1. The van der Waals surface area contributed by atoms with Crippen LogP contribution in [0.3, 0.4) is 0 Å². The Labute approximate surface area is 143 Å². The number of nitrogens with zero attached hydrogens (tertiary/aromatic N) is 2. The molecule has 1 N–H and O–H groups in total. The molecule has 2 rings (SSSR count). The van der Waals surface area contributed by atoms with E-state index in [-0.39, 0.29) is 18.1 Å². The predicted octanol–water partition coefficient (Wildman–Crippen LogP) is 2.48. The second-order valence-electron chi connectivity index (χ2n) is 5.94. The van der Waals surface area contributed by atoms with Crippen LogP contribution in [0.25, 0.3) is 0 Å². The van der Waals surface area contributed by atoms with Gasteiger partial charge in [-0.15, -0.1) is 0 Å². The van der Waals surface area contributed by atoms with Crippen LogP contribution in [-0.2, 0) is 14.8 Å². The number of unbranched alkanes of at least 4 members (excludes halogenated alkanes) is 1. The maximum absolute atomic E-state index is 12.2. The zero-order valence-corrected chi connectivity index (χ0v) is 14.5. The SMILES string of the molecule is N#Cc1ccccc1NC(=O)CCCCS(=O)(=O)N1CCCCC1. The zero-order chi connectivity index (χ0) is 17.4. The number of rotatable bonds is 7. The average Bonchev–Trinajstić information content (AvgIpc) is 2.60. The van der Waals surface area contributed by atoms with E-state index in [1.807, 2.05) is 6.07 Å². The number of nitriles is 1. The van der Waals surface area contributed by atoms with Crippen molar-refractivity contribution in [3.8, 4) is 6.07 Å². The van der Waals surface area contributed by atoms with Crippen LogP contribution in [0.2, 0.25) is 0 Å². The lowest BCUT2D eigenvalue weighted by Crippen LogP contribution is -2.37. The standard InChI is InChI=1S/C17H23N3O3S/c18-14-15-8-2-3-9-16(15)19-17(21)10-4-7-13-24(22,23)20-11-5-1-6-12-20/h2-3,8-9H,1,4-7,10-13H2,(H,19,21). The van der Waals surface area contributed by atoms with Gasteiger partial charge in [-0.3, -0.25) is 4.79 Å². The monoisotopic (exact) mass is 349 g/mol. The molecule has 0 unspecified atom stereocenters. The van der Waals surface area contributed by atoms with Crippen molar-refractivity contribution in [3.63, 3.8) is 0 Å². The molecule has 1 saturated heterocycles. The van der Waals surface area contributed by atoms with Gasteiger partial charge in [0.2, 0.25) is 15.9 Å². The minimum atomic E-state index is -3.19. The molecule has 1 aromatic carbocycles. The zero-order valence-electron chi connectivity index (χ0n) is 13.7. The molecule has 24 heavy (non-hydrogen) atoms. The van der Waals surface area contributed by atoms with Crippen LogP contribution in [0, 0.1) is 11.3 Å². The summed E-state index contributed by atoms with van der Waals surface area (Å²) in [5.41, 5.74) is 0.907. The van der Waals surface area contributed by atoms with Gasteiger partial charge in [0.1, 0.15) is 6.07 Å². The molecule has 1 aromatic rings. The highest BCUT2D eigenvalue weighted by molar-refractivity contribution is 7.89. The summed E-state index contributed by atoms with van der Waals surface area (Å²) >= 11 is 0. The first-order chi connectivity index (χ1) is 11.5. The second-order valence-corrected chi connectivity index (χ2v) is 8.03. The molecule has 1 fully saturated rings. The molecule has 7 heteroatoms. The third-order valence-electron chi connectivity index (χ3n) is 4.09. The summed E-state index contributed by atoms with van der Waals surface area (Å²) in [6, 6.07) is 8.83. The summed E-state index contributed by atoms with van der Waals surface area (Å²) in [7, 11) is -3.19. The number of nitrogens with one attached hydrogen (secondary N) is 1. The quantitative estimate of drug-likeness (QED) is 0.766. The minimum Gasteiger partial charge on any atom is -0.325 e.